The molecular weight excluding hydrogens is 364 g/mol. The second kappa shape index (κ2) is 8.95. The number of ether oxygens (including phenoxy) is 4. The van der Waals surface area contributed by atoms with Gasteiger partial charge in [0.1, 0.15) is 6.10 Å². The Hall–Kier alpha value is -2.77. The molecule has 1 atom stereocenters. The molecule has 0 amide bonds. The van der Waals surface area contributed by atoms with E-state index in [0.29, 0.717) is 29.2 Å². The number of benzene rings is 1. The van der Waals surface area contributed by atoms with E-state index in [1.165, 1.54) is 6.92 Å². The van der Waals surface area contributed by atoms with Crippen LogP contribution >= 0.6 is 0 Å². The zero-order chi connectivity index (χ0) is 20.1. The van der Waals surface area contributed by atoms with Gasteiger partial charge in [0.2, 0.25) is 6.29 Å². The van der Waals surface area contributed by atoms with Gasteiger partial charge in [0.15, 0.2) is 0 Å². The summed E-state index contributed by atoms with van der Waals surface area (Å²) in [6.07, 6.45) is 2.92. The second-order valence-corrected chi connectivity index (χ2v) is 6.78. The summed E-state index contributed by atoms with van der Waals surface area (Å²) in [6, 6.07) is 5.55. The predicted octanol–water partition coefficient (Wildman–Crippen LogP) is 3.96. The SMILES string of the molecule is CCOc1nc2cccc(C(=O)OC(C)OC(=O)OC3CCCCC3)c2n1C. The first-order valence-electron chi connectivity index (χ1n) is 9.66. The summed E-state index contributed by atoms with van der Waals surface area (Å²) in [7, 11) is 1.76. The third-order valence-corrected chi connectivity index (χ3v) is 4.70. The summed E-state index contributed by atoms with van der Waals surface area (Å²) in [5.41, 5.74) is 1.52. The molecule has 0 aliphatic heterocycles. The summed E-state index contributed by atoms with van der Waals surface area (Å²) < 4.78 is 22.8. The molecule has 1 aliphatic rings. The lowest BCUT2D eigenvalue weighted by molar-refractivity contribution is -0.0914. The highest BCUT2D eigenvalue weighted by Crippen LogP contribution is 2.25. The maximum absolute atomic E-state index is 12.6. The van der Waals surface area contributed by atoms with Crippen molar-refractivity contribution in [3.05, 3.63) is 23.8 Å². The maximum Gasteiger partial charge on any atom is 0.511 e. The minimum atomic E-state index is -1.07. The maximum atomic E-state index is 12.6. The van der Waals surface area contributed by atoms with Crippen LogP contribution in [0.3, 0.4) is 0 Å². The van der Waals surface area contributed by atoms with E-state index in [2.05, 4.69) is 4.98 Å². The molecule has 1 aromatic heterocycles. The van der Waals surface area contributed by atoms with Crippen molar-refractivity contribution < 1.29 is 28.5 Å². The fourth-order valence-electron chi connectivity index (χ4n) is 3.39. The van der Waals surface area contributed by atoms with Crippen LogP contribution in [0, 0.1) is 0 Å². The van der Waals surface area contributed by atoms with Crippen LogP contribution in [0.1, 0.15) is 56.3 Å². The van der Waals surface area contributed by atoms with Crippen LogP contribution in [0.2, 0.25) is 0 Å². The summed E-state index contributed by atoms with van der Waals surface area (Å²) in [4.78, 5) is 28.9. The normalized spacial score (nSPS) is 15.8. The van der Waals surface area contributed by atoms with Gasteiger partial charge in [-0.3, -0.25) is 4.57 Å². The van der Waals surface area contributed by atoms with E-state index in [1.54, 1.807) is 29.8 Å². The van der Waals surface area contributed by atoms with E-state index < -0.39 is 18.4 Å². The van der Waals surface area contributed by atoms with Crippen molar-refractivity contribution in [2.75, 3.05) is 6.61 Å². The number of fused-ring (bicyclic) bond motifs is 1. The van der Waals surface area contributed by atoms with E-state index >= 15 is 0 Å². The summed E-state index contributed by atoms with van der Waals surface area (Å²) in [5.74, 6) is -0.616. The van der Waals surface area contributed by atoms with Crippen molar-refractivity contribution in [3.8, 4) is 6.01 Å². The molecule has 0 N–H and O–H groups in total. The van der Waals surface area contributed by atoms with E-state index in [-0.39, 0.29) is 6.10 Å². The molecule has 1 aliphatic carbocycles. The summed E-state index contributed by atoms with van der Waals surface area (Å²) in [5, 5.41) is 0. The van der Waals surface area contributed by atoms with E-state index in [9.17, 15) is 9.59 Å². The lowest BCUT2D eigenvalue weighted by Gasteiger charge is -2.22. The molecule has 0 spiro atoms. The van der Waals surface area contributed by atoms with Gasteiger partial charge in [-0.2, -0.15) is 4.98 Å². The molecule has 1 aromatic carbocycles. The molecule has 3 rings (SSSR count). The van der Waals surface area contributed by atoms with Gasteiger partial charge in [0.05, 0.1) is 23.2 Å². The molecule has 1 saturated carbocycles. The number of nitrogens with zero attached hydrogens (tertiary/aromatic N) is 2. The average molecular weight is 390 g/mol. The smallest absolute Gasteiger partial charge is 0.465 e. The minimum Gasteiger partial charge on any atom is -0.465 e. The number of rotatable bonds is 6. The van der Waals surface area contributed by atoms with Gasteiger partial charge < -0.3 is 18.9 Å². The number of aryl methyl sites for hydroxylation is 1. The first-order chi connectivity index (χ1) is 13.5. The zero-order valence-electron chi connectivity index (χ0n) is 16.5. The number of esters is 1. The van der Waals surface area contributed by atoms with E-state index in [4.69, 9.17) is 18.9 Å². The molecule has 0 radical (unpaired) electrons. The molecule has 1 unspecified atom stereocenters. The van der Waals surface area contributed by atoms with Crippen LogP contribution in [-0.2, 0) is 21.3 Å². The van der Waals surface area contributed by atoms with Gasteiger partial charge in [-0.1, -0.05) is 12.5 Å². The molecule has 152 valence electrons. The Bertz CT molecular complexity index is 841. The predicted molar refractivity (Wildman–Crippen MR) is 101 cm³/mol. The van der Waals surface area contributed by atoms with Crippen LogP contribution in [0.25, 0.3) is 11.0 Å². The quantitative estimate of drug-likeness (QED) is 0.545. The highest BCUT2D eigenvalue weighted by atomic mass is 16.8. The van der Waals surface area contributed by atoms with Crippen LogP contribution in [-0.4, -0.2) is 40.7 Å². The second-order valence-electron chi connectivity index (χ2n) is 6.78. The third kappa shape index (κ3) is 4.55. The molecule has 1 fully saturated rings. The van der Waals surface area contributed by atoms with Crippen molar-refractivity contribution in [2.24, 2.45) is 7.05 Å². The summed E-state index contributed by atoms with van der Waals surface area (Å²) >= 11 is 0. The lowest BCUT2D eigenvalue weighted by atomic mass is 9.98. The number of aromatic nitrogens is 2. The largest absolute Gasteiger partial charge is 0.511 e. The number of imidazole rings is 1. The van der Waals surface area contributed by atoms with Crippen LogP contribution in [0.4, 0.5) is 4.79 Å². The topological polar surface area (TPSA) is 88.9 Å². The van der Waals surface area contributed by atoms with Gasteiger partial charge in [0, 0.05) is 14.0 Å². The monoisotopic (exact) mass is 390 g/mol. The molecular formula is C20H26N2O6. The van der Waals surface area contributed by atoms with E-state index in [0.717, 1.165) is 32.1 Å². The molecule has 8 heteroatoms. The molecule has 0 bridgehead atoms. The number of para-hydroxylation sites is 1. The van der Waals surface area contributed by atoms with Gasteiger partial charge in [-0.05, 0) is 44.7 Å². The number of hydrogen-bond acceptors (Lipinski definition) is 7. The molecule has 0 saturated heterocycles. The Morgan fingerprint density at radius 2 is 1.96 bits per heavy atom. The van der Waals surface area contributed by atoms with E-state index in [1.807, 2.05) is 6.92 Å². The first-order valence-corrected chi connectivity index (χ1v) is 9.66. The number of carbonyl (C=O) groups is 2. The van der Waals surface area contributed by atoms with Crippen molar-refractivity contribution in [2.45, 2.75) is 58.3 Å². The minimum absolute atomic E-state index is 0.121. The highest BCUT2D eigenvalue weighted by Gasteiger charge is 2.23. The standard InChI is InChI=1S/C20H26N2O6/c1-4-25-19-21-16-12-8-11-15(17(16)22(19)3)18(23)26-13(2)27-20(24)28-14-9-6-5-7-10-14/h8,11-14H,4-7,9-10H2,1-3H3. The Kier molecular flexibility index (Phi) is 6.38. The fraction of sp³-hybridized carbons (Fsp3) is 0.550. The van der Waals surface area contributed by atoms with Crippen molar-refractivity contribution in [1.82, 2.24) is 9.55 Å². The van der Waals surface area contributed by atoms with Gasteiger partial charge in [-0.25, -0.2) is 9.59 Å². The fourth-order valence-corrected chi connectivity index (χ4v) is 3.39. The van der Waals surface area contributed by atoms with Gasteiger partial charge in [-0.15, -0.1) is 0 Å². The molecule has 28 heavy (non-hydrogen) atoms. The Labute approximate surface area is 163 Å². The Morgan fingerprint density at radius 1 is 1.21 bits per heavy atom. The van der Waals surface area contributed by atoms with Crippen LogP contribution < -0.4 is 4.74 Å². The Morgan fingerprint density at radius 3 is 2.68 bits per heavy atom. The van der Waals surface area contributed by atoms with Crippen LogP contribution in [0.5, 0.6) is 6.01 Å². The Balaban J connectivity index is 1.64. The summed E-state index contributed by atoms with van der Waals surface area (Å²) in [6.45, 7) is 3.81. The van der Waals surface area contributed by atoms with Gasteiger partial charge in [0.25, 0.3) is 6.01 Å². The lowest BCUT2D eigenvalue weighted by Crippen LogP contribution is -2.26. The van der Waals surface area contributed by atoms with Crippen LogP contribution in [0.15, 0.2) is 18.2 Å². The number of hydrogen-bond donors (Lipinski definition) is 0. The zero-order valence-corrected chi connectivity index (χ0v) is 16.5. The number of carbonyl (C=O) groups excluding carboxylic acids is 2. The first kappa shape index (κ1) is 20.0. The van der Waals surface area contributed by atoms with Crippen molar-refractivity contribution in [3.63, 3.8) is 0 Å². The third-order valence-electron chi connectivity index (χ3n) is 4.70. The molecule has 8 nitrogen and oxygen atoms in total. The van der Waals surface area contributed by atoms with Crippen molar-refractivity contribution >= 4 is 23.2 Å². The molecule has 2 aromatic rings. The molecule has 1 heterocycles. The van der Waals surface area contributed by atoms with Crippen molar-refractivity contribution in [1.29, 1.82) is 0 Å². The van der Waals surface area contributed by atoms with Gasteiger partial charge >= 0.3 is 12.1 Å². The average Bonchev–Trinajstić information content (AvgIpc) is 2.98. The highest BCUT2D eigenvalue weighted by molar-refractivity contribution is 6.02.